The lowest BCUT2D eigenvalue weighted by atomic mass is 10.1. The standard InChI is InChI=1S/C18H24N4O3/c1-4-10-22-16(19)15(17(24)21(3)18(22)25)14(23)11-20-12(2)13-8-6-5-7-9-13/h5-9,12,20H,4,10-11,19H2,1-3H3/t12-/m0/s1. The molecular formula is C18H24N4O3. The van der Waals surface area contributed by atoms with Crippen molar-refractivity contribution in [3.8, 4) is 0 Å². The van der Waals surface area contributed by atoms with Crippen LogP contribution in [-0.4, -0.2) is 21.5 Å². The SMILES string of the molecule is CCCn1c(N)c(C(=O)CN[C@@H](C)c2ccccc2)c(=O)n(C)c1=O. The molecule has 0 unspecified atom stereocenters. The quantitative estimate of drug-likeness (QED) is 0.732. The third-order valence-corrected chi connectivity index (χ3v) is 4.18. The first kappa shape index (κ1) is 18.7. The molecule has 1 aromatic carbocycles. The van der Waals surface area contributed by atoms with Crippen molar-refractivity contribution in [1.82, 2.24) is 14.5 Å². The van der Waals surface area contributed by atoms with Crippen LogP contribution in [0.15, 0.2) is 39.9 Å². The third-order valence-electron chi connectivity index (χ3n) is 4.18. The molecule has 0 fully saturated rings. The molecule has 2 aromatic rings. The van der Waals surface area contributed by atoms with E-state index < -0.39 is 17.0 Å². The molecule has 134 valence electrons. The maximum Gasteiger partial charge on any atom is 0.332 e. The fourth-order valence-electron chi connectivity index (χ4n) is 2.68. The zero-order valence-corrected chi connectivity index (χ0v) is 14.8. The van der Waals surface area contributed by atoms with Crippen LogP contribution in [0.4, 0.5) is 5.82 Å². The van der Waals surface area contributed by atoms with Gasteiger partial charge in [-0.25, -0.2) is 4.79 Å². The first-order valence-corrected chi connectivity index (χ1v) is 8.29. The van der Waals surface area contributed by atoms with Gasteiger partial charge in [-0.1, -0.05) is 37.3 Å². The number of Topliss-reactive ketones (excluding diaryl/α,β-unsaturated/α-hetero) is 1. The highest BCUT2D eigenvalue weighted by Crippen LogP contribution is 2.12. The minimum Gasteiger partial charge on any atom is -0.384 e. The molecule has 0 radical (unpaired) electrons. The first-order valence-electron chi connectivity index (χ1n) is 8.29. The van der Waals surface area contributed by atoms with Crippen LogP contribution in [0, 0.1) is 0 Å². The number of hydrogen-bond acceptors (Lipinski definition) is 5. The van der Waals surface area contributed by atoms with Gasteiger partial charge in [0.2, 0.25) is 0 Å². The van der Waals surface area contributed by atoms with E-state index in [2.05, 4.69) is 5.32 Å². The number of anilines is 1. The third kappa shape index (κ3) is 3.88. The lowest BCUT2D eigenvalue weighted by Gasteiger charge is -2.16. The van der Waals surface area contributed by atoms with Crippen LogP contribution in [0.2, 0.25) is 0 Å². The van der Waals surface area contributed by atoms with Gasteiger partial charge in [0.1, 0.15) is 11.4 Å². The topological polar surface area (TPSA) is 99.1 Å². The molecule has 7 nitrogen and oxygen atoms in total. The number of ketones is 1. The summed E-state index contributed by atoms with van der Waals surface area (Å²) in [5, 5.41) is 3.10. The molecule has 0 amide bonds. The monoisotopic (exact) mass is 344 g/mol. The van der Waals surface area contributed by atoms with Gasteiger partial charge >= 0.3 is 5.69 Å². The van der Waals surface area contributed by atoms with Crippen molar-refractivity contribution >= 4 is 11.6 Å². The summed E-state index contributed by atoms with van der Waals surface area (Å²) in [6, 6.07) is 9.61. The molecule has 3 N–H and O–H groups in total. The molecule has 0 spiro atoms. The Bertz CT molecular complexity index is 868. The number of nitrogens with one attached hydrogen (secondary N) is 1. The Morgan fingerprint density at radius 1 is 1.24 bits per heavy atom. The van der Waals surface area contributed by atoms with Gasteiger partial charge in [0.05, 0.1) is 6.54 Å². The van der Waals surface area contributed by atoms with Crippen LogP contribution < -0.4 is 22.3 Å². The van der Waals surface area contributed by atoms with Crippen LogP contribution in [0.5, 0.6) is 0 Å². The molecule has 1 heterocycles. The largest absolute Gasteiger partial charge is 0.384 e. The highest BCUT2D eigenvalue weighted by Gasteiger charge is 2.21. The molecule has 0 saturated heterocycles. The van der Waals surface area contributed by atoms with Gasteiger partial charge < -0.3 is 11.1 Å². The summed E-state index contributed by atoms with van der Waals surface area (Å²) in [6.07, 6.45) is 0.666. The zero-order valence-electron chi connectivity index (χ0n) is 14.8. The van der Waals surface area contributed by atoms with Crippen LogP contribution in [0.3, 0.4) is 0 Å². The minimum atomic E-state index is -0.658. The number of nitrogens with two attached hydrogens (primary N) is 1. The van der Waals surface area contributed by atoms with Gasteiger partial charge in [-0.3, -0.25) is 18.7 Å². The smallest absolute Gasteiger partial charge is 0.332 e. The van der Waals surface area contributed by atoms with E-state index in [4.69, 9.17) is 5.73 Å². The number of carbonyl (C=O) groups excluding carboxylic acids is 1. The molecular weight excluding hydrogens is 320 g/mol. The number of nitrogen functional groups attached to an aromatic ring is 1. The van der Waals surface area contributed by atoms with Crippen molar-refractivity contribution < 1.29 is 4.79 Å². The first-order chi connectivity index (χ1) is 11.9. The Hall–Kier alpha value is -2.67. The highest BCUT2D eigenvalue weighted by atomic mass is 16.2. The van der Waals surface area contributed by atoms with Gasteiger partial charge in [0.15, 0.2) is 5.78 Å². The average Bonchev–Trinajstić information content (AvgIpc) is 2.62. The molecule has 25 heavy (non-hydrogen) atoms. The van der Waals surface area contributed by atoms with Gasteiger partial charge in [-0.05, 0) is 18.9 Å². The lowest BCUT2D eigenvalue weighted by Crippen LogP contribution is -2.43. The van der Waals surface area contributed by atoms with Crippen molar-refractivity contribution in [2.75, 3.05) is 12.3 Å². The summed E-state index contributed by atoms with van der Waals surface area (Å²) in [5.41, 5.74) is 5.69. The van der Waals surface area contributed by atoms with E-state index in [9.17, 15) is 14.4 Å². The fraction of sp³-hybridized carbons (Fsp3) is 0.389. The Balaban J connectivity index is 2.27. The molecule has 0 bridgehead atoms. The normalized spacial score (nSPS) is 12.1. The summed E-state index contributed by atoms with van der Waals surface area (Å²) in [4.78, 5) is 37.1. The van der Waals surface area contributed by atoms with Crippen molar-refractivity contribution in [3.63, 3.8) is 0 Å². The molecule has 0 aliphatic rings. The number of nitrogens with zero attached hydrogens (tertiary/aromatic N) is 2. The Morgan fingerprint density at radius 3 is 2.48 bits per heavy atom. The van der Waals surface area contributed by atoms with E-state index >= 15 is 0 Å². The molecule has 0 aliphatic carbocycles. The molecule has 1 aromatic heterocycles. The second-order valence-corrected chi connectivity index (χ2v) is 6.00. The van der Waals surface area contributed by atoms with E-state index in [1.165, 1.54) is 11.6 Å². The average molecular weight is 344 g/mol. The Morgan fingerprint density at radius 2 is 1.88 bits per heavy atom. The van der Waals surface area contributed by atoms with E-state index in [1.807, 2.05) is 44.2 Å². The van der Waals surface area contributed by atoms with Crippen LogP contribution in [-0.2, 0) is 13.6 Å². The number of benzene rings is 1. The summed E-state index contributed by atoms with van der Waals surface area (Å²) in [5.74, 6) is -0.486. The van der Waals surface area contributed by atoms with E-state index in [0.29, 0.717) is 13.0 Å². The Kier molecular flexibility index (Phi) is 5.93. The fourth-order valence-corrected chi connectivity index (χ4v) is 2.68. The Labute approximate surface area is 146 Å². The van der Waals surface area contributed by atoms with Crippen molar-refractivity contribution in [2.24, 2.45) is 7.05 Å². The second-order valence-electron chi connectivity index (χ2n) is 6.00. The molecule has 0 saturated carbocycles. The molecule has 7 heteroatoms. The van der Waals surface area contributed by atoms with Crippen LogP contribution in [0.25, 0.3) is 0 Å². The van der Waals surface area contributed by atoms with Gasteiger partial charge in [0.25, 0.3) is 5.56 Å². The summed E-state index contributed by atoms with van der Waals surface area (Å²) >= 11 is 0. The summed E-state index contributed by atoms with van der Waals surface area (Å²) in [7, 11) is 1.35. The predicted octanol–water partition coefficient (Wildman–Crippen LogP) is 1.07. The summed E-state index contributed by atoms with van der Waals surface area (Å²) in [6.45, 7) is 4.14. The summed E-state index contributed by atoms with van der Waals surface area (Å²) < 4.78 is 2.20. The van der Waals surface area contributed by atoms with Crippen molar-refractivity contribution in [3.05, 3.63) is 62.3 Å². The number of hydrogen-bond donors (Lipinski definition) is 2. The molecule has 0 aliphatic heterocycles. The van der Waals surface area contributed by atoms with Crippen LogP contribution in [0.1, 0.15) is 42.2 Å². The van der Waals surface area contributed by atoms with Crippen molar-refractivity contribution in [2.45, 2.75) is 32.9 Å². The molecule has 2 rings (SSSR count). The van der Waals surface area contributed by atoms with Gasteiger partial charge in [-0.2, -0.15) is 0 Å². The van der Waals surface area contributed by atoms with Crippen molar-refractivity contribution in [1.29, 1.82) is 0 Å². The van der Waals surface area contributed by atoms with E-state index in [-0.39, 0.29) is 24.0 Å². The predicted molar refractivity (Wildman–Crippen MR) is 97.8 cm³/mol. The minimum absolute atomic E-state index is 0.0418. The number of rotatable bonds is 7. The maximum atomic E-state index is 12.6. The lowest BCUT2D eigenvalue weighted by molar-refractivity contribution is 0.0986. The van der Waals surface area contributed by atoms with Crippen LogP contribution >= 0.6 is 0 Å². The zero-order chi connectivity index (χ0) is 18.6. The molecule has 1 atom stereocenters. The van der Waals surface area contributed by atoms with Gasteiger partial charge in [-0.15, -0.1) is 0 Å². The number of aromatic nitrogens is 2. The van der Waals surface area contributed by atoms with E-state index in [0.717, 1.165) is 10.1 Å². The van der Waals surface area contributed by atoms with Gasteiger partial charge in [0, 0.05) is 19.6 Å². The highest BCUT2D eigenvalue weighted by molar-refractivity contribution is 6.01. The van der Waals surface area contributed by atoms with E-state index in [1.54, 1.807) is 0 Å². The number of carbonyl (C=O) groups is 1. The maximum absolute atomic E-state index is 12.6. The second kappa shape index (κ2) is 7.94.